The lowest BCUT2D eigenvalue weighted by Crippen LogP contribution is -2.41. The number of hydrogen-bond donors (Lipinski definition) is 1. The van der Waals surface area contributed by atoms with Gasteiger partial charge in [0, 0.05) is 30.6 Å². The number of aryl methyl sites for hydroxylation is 1. The zero-order valence-electron chi connectivity index (χ0n) is 18.3. The van der Waals surface area contributed by atoms with E-state index in [-0.39, 0.29) is 16.8 Å². The van der Waals surface area contributed by atoms with Gasteiger partial charge in [-0.05, 0) is 63.4 Å². The SMILES string of the molecule is Cc1ccc2c(c1)OC(C)(C)C[C@H]2NC(=O)c1cccc(S(=O)(=O)N2CCCCC2)c1. The smallest absolute Gasteiger partial charge is 0.251 e. The molecule has 1 fully saturated rings. The Bertz CT molecular complexity index is 1090. The number of nitrogens with one attached hydrogen (secondary N) is 1. The van der Waals surface area contributed by atoms with Crippen molar-refractivity contribution in [2.75, 3.05) is 13.1 Å². The van der Waals surface area contributed by atoms with Gasteiger partial charge in [0.05, 0.1) is 10.9 Å². The van der Waals surface area contributed by atoms with E-state index in [9.17, 15) is 13.2 Å². The molecule has 31 heavy (non-hydrogen) atoms. The van der Waals surface area contributed by atoms with E-state index >= 15 is 0 Å². The molecule has 7 heteroatoms. The molecule has 0 unspecified atom stereocenters. The van der Waals surface area contributed by atoms with E-state index < -0.39 is 15.6 Å². The number of hydrogen-bond acceptors (Lipinski definition) is 4. The number of ether oxygens (including phenoxy) is 1. The van der Waals surface area contributed by atoms with Crippen LogP contribution >= 0.6 is 0 Å². The first-order chi connectivity index (χ1) is 14.7. The summed E-state index contributed by atoms with van der Waals surface area (Å²) in [5.41, 5.74) is 1.96. The number of benzene rings is 2. The van der Waals surface area contributed by atoms with Crippen LogP contribution in [0.15, 0.2) is 47.4 Å². The lowest BCUT2D eigenvalue weighted by atomic mass is 9.89. The summed E-state index contributed by atoms with van der Waals surface area (Å²) in [6.45, 7) is 7.08. The highest BCUT2D eigenvalue weighted by atomic mass is 32.2. The van der Waals surface area contributed by atoms with E-state index in [4.69, 9.17) is 4.74 Å². The summed E-state index contributed by atoms with van der Waals surface area (Å²) in [7, 11) is -3.59. The number of amides is 1. The number of rotatable bonds is 4. The van der Waals surface area contributed by atoms with Crippen LogP contribution in [0.2, 0.25) is 0 Å². The third-order valence-corrected chi connectivity index (χ3v) is 7.88. The van der Waals surface area contributed by atoms with Crippen molar-refractivity contribution < 1.29 is 17.9 Å². The van der Waals surface area contributed by atoms with Crippen molar-refractivity contribution in [3.05, 3.63) is 59.2 Å². The van der Waals surface area contributed by atoms with Gasteiger partial charge in [-0.1, -0.05) is 24.6 Å². The van der Waals surface area contributed by atoms with Crippen LogP contribution in [-0.2, 0) is 10.0 Å². The summed E-state index contributed by atoms with van der Waals surface area (Å²) in [5, 5.41) is 3.10. The van der Waals surface area contributed by atoms with Crippen LogP contribution in [0.25, 0.3) is 0 Å². The quantitative estimate of drug-likeness (QED) is 0.770. The number of nitrogens with zero attached hydrogens (tertiary/aromatic N) is 1. The van der Waals surface area contributed by atoms with Crippen molar-refractivity contribution in [3.63, 3.8) is 0 Å². The van der Waals surface area contributed by atoms with Gasteiger partial charge in [-0.3, -0.25) is 4.79 Å². The van der Waals surface area contributed by atoms with Crippen LogP contribution in [0.1, 0.15) is 67.1 Å². The van der Waals surface area contributed by atoms with Gasteiger partial charge in [0.1, 0.15) is 11.4 Å². The van der Waals surface area contributed by atoms with Crippen LogP contribution < -0.4 is 10.1 Å². The summed E-state index contributed by atoms with van der Waals surface area (Å²) < 4.78 is 33.7. The van der Waals surface area contributed by atoms with E-state index in [1.165, 1.54) is 10.4 Å². The normalized spacial score (nSPS) is 21.1. The zero-order chi connectivity index (χ0) is 22.2. The Morgan fingerprint density at radius 2 is 1.84 bits per heavy atom. The molecular formula is C24H30N2O4S. The Morgan fingerprint density at radius 3 is 2.58 bits per heavy atom. The zero-order valence-corrected chi connectivity index (χ0v) is 19.2. The average Bonchev–Trinajstić information content (AvgIpc) is 2.73. The first-order valence-corrected chi connectivity index (χ1v) is 12.3. The van der Waals surface area contributed by atoms with Gasteiger partial charge in [-0.2, -0.15) is 4.31 Å². The largest absolute Gasteiger partial charge is 0.487 e. The van der Waals surface area contributed by atoms with Crippen LogP contribution in [0, 0.1) is 6.92 Å². The molecule has 1 N–H and O–H groups in total. The van der Waals surface area contributed by atoms with E-state index in [0.717, 1.165) is 36.1 Å². The molecule has 6 nitrogen and oxygen atoms in total. The lowest BCUT2D eigenvalue weighted by Gasteiger charge is -2.38. The van der Waals surface area contributed by atoms with Crippen molar-refractivity contribution >= 4 is 15.9 Å². The molecule has 2 heterocycles. The van der Waals surface area contributed by atoms with Gasteiger partial charge in [0.2, 0.25) is 10.0 Å². The maximum Gasteiger partial charge on any atom is 0.251 e. The molecule has 1 atom stereocenters. The van der Waals surface area contributed by atoms with E-state index in [2.05, 4.69) is 5.32 Å². The third kappa shape index (κ3) is 4.62. The molecule has 2 aliphatic rings. The summed E-state index contributed by atoms with van der Waals surface area (Å²) in [5.74, 6) is 0.493. The van der Waals surface area contributed by atoms with Gasteiger partial charge in [0.15, 0.2) is 0 Å². The number of piperidine rings is 1. The Labute approximate surface area is 184 Å². The molecule has 4 rings (SSSR count). The van der Waals surface area contributed by atoms with Gasteiger partial charge in [-0.15, -0.1) is 0 Å². The Balaban J connectivity index is 1.58. The number of carbonyl (C=O) groups is 1. The second-order valence-electron chi connectivity index (χ2n) is 9.13. The summed E-state index contributed by atoms with van der Waals surface area (Å²) in [6, 6.07) is 12.1. The topological polar surface area (TPSA) is 75.7 Å². The molecule has 2 aromatic carbocycles. The predicted octanol–water partition coefficient (Wildman–Crippen LogP) is 4.20. The molecule has 2 aromatic rings. The van der Waals surface area contributed by atoms with Crippen LogP contribution in [0.5, 0.6) is 5.75 Å². The van der Waals surface area contributed by atoms with Gasteiger partial charge in [0.25, 0.3) is 5.91 Å². The fourth-order valence-corrected chi connectivity index (χ4v) is 5.94. The second-order valence-corrected chi connectivity index (χ2v) is 11.1. The summed E-state index contributed by atoms with van der Waals surface area (Å²) in [4.78, 5) is 13.3. The Hall–Kier alpha value is -2.38. The third-order valence-electron chi connectivity index (χ3n) is 5.98. The average molecular weight is 443 g/mol. The maximum absolute atomic E-state index is 13.1. The first kappa shape index (κ1) is 21.8. The summed E-state index contributed by atoms with van der Waals surface area (Å²) in [6.07, 6.45) is 3.42. The van der Waals surface area contributed by atoms with Gasteiger partial charge >= 0.3 is 0 Å². The molecule has 0 aliphatic carbocycles. The molecular weight excluding hydrogens is 412 g/mol. The highest BCUT2D eigenvalue weighted by Gasteiger charge is 2.35. The maximum atomic E-state index is 13.1. The minimum Gasteiger partial charge on any atom is -0.487 e. The van der Waals surface area contributed by atoms with E-state index in [1.54, 1.807) is 18.2 Å². The van der Waals surface area contributed by atoms with Crippen molar-refractivity contribution in [1.29, 1.82) is 0 Å². The van der Waals surface area contributed by atoms with Crippen LogP contribution in [0.4, 0.5) is 0 Å². The number of carbonyl (C=O) groups excluding carboxylic acids is 1. The van der Waals surface area contributed by atoms with Crippen LogP contribution in [-0.4, -0.2) is 37.3 Å². The fraction of sp³-hybridized carbons (Fsp3) is 0.458. The van der Waals surface area contributed by atoms with Crippen LogP contribution in [0.3, 0.4) is 0 Å². The number of sulfonamides is 1. The van der Waals surface area contributed by atoms with Crippen molar-refractivity contribution in [2.45, 2.75) is 63.0 Å². The van der Waals surface area contributed by atoms with Crippen molar-refractivity contribution in [2.24, 2.45) is 0 Å². The Morgan fingerprint density at radius 1 is 1.10 bits per heavy atom. The van der Waals surface area contributed by atoms with E-state index in [0.29, 0.717) is 25.1 Å². The molecule has 2 aliphatic heterocycles. The first-order valence-electron chi connectivity index (χ1n) is 10.9. The van der Waals surface area contributed by atoms with Gasteiger partial charge in [-0.25, -0.2) is 8.42 Å². The Kier molecular flexibility index (Phi) is 5.83. The highest BCUT2D eigenvalue weighted by Crippen LogP contribution is 2.40. The molecule has 166 valence electrons. The molecule has 0 bridgehead atoms. The monoisotopic (exact) mass is 442 g/mol. The second kappa shape index (κ2) is 8.28. The standard InChI is InChI=1S/C24H30N2O4S/c1-17-10-11-20-21(16-24(2,3)30-22(20)14-17)25-23(27)18-8-7-9-19(15-18)31(28,29)26-12-5-4-6-13-26/h7-11,14-15,21H,4-6,12-13,16H2,1-3H3,(H,25,27)/t21-/m1/s1. The summed E-state index contributed by atoms with van der Waals surface area (Å²) >= 11 is 0. The fourth-order valence-electron chi connectivity index (χ4n) is 4.38. The molecule has 0 aromatic heterocycles. The van der Waals surface area contributed by atoms with E-state index in [1.807, 2.05) is 39.0 Å². The minimum atomic E-state index is -3.59. The molecule has 1 amide bonds. The van der Waals surface area contributed by atoms with Crippen molar-refractivity contribution in [1.82, 2.24) is 9.62 Å². The highest BCUT2D eigenvalue weighted by molar-refractivity contribution is 7.89. The molecule has 1 saturated heterocycles. The number of fused-ring (bicyclic) bond motifs is 1. The molecule has 0 spiro atoms. The predicted molar refractivity (Wildman–Crippen MR) is 120 cm³/mol. The lowest BCUT2D eigenvalue weighted by molar-refractivity contribution is 0.0619. The van der Waals surface area contributed by atoms with Crippen molar-refractivity contribution in [3.8, 4) is 5.75 Å². The minimum absolute atomic E-state index is 0.172. The van der Waals surface area contributed by atoms with Gasteiger partial charge < -0.3 is 10.1 Å². The molecule has 0 saturated carbocycles. The molecule has 0 radical (unpaired) electrons.